The number of fused-ring (bicyclic) bond motifs is 2. The third-order valence-electron chi connectivity index (χ3n) is 7.42. The highest BCUT2D eigenvalue weighted by molar-refractivity contribution is 6.31. The third kappa shape index (κ3) is 2.13. The van der Waals surface area contributed by atoms with Gasteiger partial charge in [0.25, 0.3) is 0 Å². The molecule has 0 saturated carbocycles. The molecule has 148 valence electrons. The average molecular weight is 393 g/mol. The van der Waals surface area contributed by atoms with Gasteiger partial charge in [0.15, 0.2) is 11.6 Å². The van der Waals surface area contributed by atoms with Crippen molar-refractivity contribution < 1.29 is 9.59 Å². The van der Waals surface area contributed by atoms with E-state index in [-0.39, 0.29) is 29.6 Å². The van der Waals surface area contributed by atoms with Crippen molar-refractivity contribution >= 4 is 11.6 Å². The van der Waals surface area contributed by atoms with E-state index in [0.29, 0.717) is 11.1 Å². The zero-order valence-corrected chi connectivity index (χ0v) is 16.7. The smallest absolute Gasteiger partial charge is 0.180 e. The number of hydrogen-bond acceptors (Lipinski definition) is 3. The molecule has 3 aliphatic rings. The summed E-state index contributed by atoms with van der Waals surface area (Å²) in [7, 11) is 0. The monoisotopic (exact) mass is 393 g/mol. The molecular weight excluding hydrogens is 370 g/mol. The fourth-order valence-corrected chi connectivity index (χ4v) is 6.42. The minimum Gasteiger partial charge on any atom is -0.293 e. The predicted octanol–water partition coefficient (Wildman–Crippen LogP) is 5.06. The Bertz CT molecular complexity index is 1050. The molecule has 0 aromatic heterocycles. The van der Waals surface area contributed by atoms with Crippen molar-refractivity contribution in [2.45, 2.75) is 30.8 Å². The van der Waals surface area contributed by atoms with Crippen LogP contribution < -0.4 is 0 Å². The van der Waals surface area contributed by atoms with Gasteiger partial charge in [-0.25, -0.2) is 0 Å². The van der Waals surface area contributed by atoms with Crippen LogP contribution in [-0.4, -0.2) is 29.1 Å². The highest BCUT2D eigenvalue weighted by Crippen LogP contribution is 2.65. The molecule has 3 nitrogen and oxygen atoms in total. The third-order valence-corrected chi connectivity index (χ3v) is 7.42. The molecule has 0 bridgehead atoms. The van der Waals surface area contributed by atoms with Crippen molar-refractivity contribution in [3.05, 3.63) is 107 Å². The van der Waals surface area contributed by atoms with Crippen LogP contribution in [0.1, 0.15) is 56.6 Å². The normalized spacial score (nSPS) is 26.9. The van der Waals surface area contributed by atoms with E-state index in [0.717, 1.165) is 30.5 Å². The Balaban J connectivity index is 1.66. The van der Waals surface area contributed by atoms with E-state index in [1.54, 1.807) is 0 Å². The summed E-state index contributed by atoms with van der Waals surface area (Å²) in [5.41, 5.74) is 2.24. The molecule has 6 rings (SSSR count). The van der Waals surface area contributed by atoms with Crippen LogP contribution in [0.2, 0.25) is 0 Å². The molecular formula is C27H23NO2. The lowest BCUT2D eigenvalue weighted by Crippen LogP contribution is -2.43. The Morgan fingerprint density at radius 1 is 0.700 bits per heavy atom. The summed E-state index contributed by atoms with van der Waals surface area (Å²) < 4.78 is 0. The van der Waals surface area contributed by atoms with E-state index >= 15 is 0 Å². The van der Waals surface area contributed by atoms with Crippen LogP contribution >= 0.6 is 0 Å². The number of benzene rings is 3. The minimum absolute atomic E-state index is 0.000191. The molecule has 3 heteroatoms. The molecule has 2 heterocycles. The van der Waals surface area contributed by atoms with E-state index in [1.165, 1.54) is 0 Å². The number of carbonyl (C=O) groups excluding carboxylic acids is 2. The molecule has 30 heavy (non-hydrogen) atoms. The van der Waals surface area contributed by atoms with Gasteiger partial charge >= 0.3 is 0 Å². The van der Waals surface area contributed by atoms with Crippen molar-refractivity contribution in [2.24, 2.45) is 5.41 Å². The quantitative estimate of drug-likeness (QED) is 0.572. The maximum Gasteiger partial charge on any atom is 0.180 e. The summed E-state index contributed by atoms with van der Waals surface area (Å²) in [6.45, 7) is 0.923. The zero-order chi connectivity index (χ0) is 20.3. The number of carbonyl (C=O) groups is 2. The molecule has 1 aliphatic carbocycles. The molecule has 3 atom stereocenters. The summed E-state index contributed by atoms with van der Waals surface area (Å²) in [4.78, 5) is 30.8. The van der Waals surface area contributed by atoms with Gasteiger partial charge in [-0.15, -0.1) is 0 Å². The Morgan fingerprint density at radius 3 is 1.83 bits per heavy atom. The average Bonchev–Trinajstić information content (AvgIpc) is 3.43. The van der Waals surface area contributed by atoms with Crippen molar-refractivity contribution in [1.29, 1.82) is 0 Å². The van der Waals surface area contributed by atoms with Crippen molar-refractivity contribution in [1.82, 2.24) is 4.90 Å². The topological polar surface area (TPSA) is 37.4 Å². The molecule has 0 amide bonds. The summed E-state index contributed by atoms with van der Waals surface area (Å²) in [6.07, 6.45) is 2.12. The molecule has 3 aromatic carbocycles. The zero-order valence-electron chi connectivity index (χ0n) is 16.7. The molecule has 2 fully saturated rings. The lowest BCUT2D eigenvalue weighted by molar-refractivity contribution is 0.0595. The molecule has 0 N–H and O–H groups in total. The Hall–Kier alpha value is -3.04. The largest absolute Gasteiger partial charge is 0.293 e. The maximum atomic E-state index is 14.2. The van der Waals surface area contributed by atoms with Crippen LogP contribution in [0.15, 0.2) is 84.9 Å². The fraction of sp³-hybridized carbons (Fsp3) is 0.259. The van der Waals surface area contributed by atoms with Gasteiger partial charge in [0, 0.05) is 23.1 Å². The van der Waals surface area contributed by atoms with E-state index in [1.807, 2.05) is 60.7 Å². The highest BCUT2D eigenvalue weighted by atomic mass is 16.2. The summed E-state index contributed by atoms with van der Waals surface area (Å²) >= 11 is 0. The minimum atomic E-state index is -1.10. The van der Waals surface area contributed by atoms with Gasteiger partial charge in [-0.2, -0.15) is 0 Å². The van der Waals surface area contributed by atoms with Gasteiger partial charge in [-0.1, -0.05) is 84.9 Å². The first-order valence-electron chi connectivity index (χ1n) is 10.8. The second-order valence-electron chi connectivity index (χ2n) is 8.72. The Morgan fingerprint density at radius 2 is 1.23 bits per heavy atom. The number of nitrogens with zero attached hydrogens (tertiary/aromatic N) is 1. The van der Waals surface area contributed by atoms with Crippen LogP contribution in [0.3, 0.4) is 0 Å². The van der Waals surface area contributed by atoms with Gasteiger partial charge in [-0.05, 0) is 30.5 Å². The number of hydrogen-bond donors (Lipinski definition) is 0. The number of Topliss-reactive ketones (excluding diaryl/α,β-unsaturated/α-hetero) is 2. The molecule has 0 radical (unpaired) electrons. The lowest BCUT2D eigenvalue weighted by Gasteiger charge is -2.36. The lowest BCUT2D eigenvalue weighted by atomic mass is 9.63. The van der Waals surface area contributed by atoms with E-state index in [9.17, 15) is 9.59 Å². The first-order valence-corrected chi connectivity index (χ1v) is 10.8. The van der Waals surface area contributed by atoms with Crippen molar-refractivity contribution in [3.8, 4) is 0 Å². The van der Waals surface area contributed by atoms with Crippen LogP contribution in [0, 0.1) is 5.41 Å². The fourth-order valence-electron chi connectivity index (χ4n) is 6.42. The Labute approximate surface area is 176 Å². The summed E-state index contributed by atoms with van der Waals surface area (Å²) in [6, 6.07) is 27.8. The van der Waals surface area contributed by atoms with Crippen LogP contribution in [0.4, 0.5) is 0 Å². The maximum absolute atomic E-state index is 14.2. The number of ketones is 2. The SMILES string of the molecule is O=C1c2ccccc2C(=O)C12[C@H](c1ccccc1)N1CCC[C@H]1[C@@H]2c1ccccc1. The standard InChI is InChI=1S/C27H23NO2/c29-25-20-14-7-8-15-21(20)26(30)27(25)23(18-10-3-1-4-11-18)22-16-9-17-28(22)24(27)19-12-5-2-6-13-19/h1-8,10-15,22-24H,9,16-17H2/t22-,23-,24-/m0/s1. The second kappa shape index (κ2) is 6.48. The van der Waals surface area contributed by atoms with E-state index in [2.05, 4.69) is 29.2 Å². The number of rotatable bonds is 2. The van der Waals surface area contributed by atoms with E-state index in [4.69, 9.17) is 0 Å². The summed E-state index contributed by atoms with van der Waals surface area (Å²) in [5, 5.41) is 0. The van der Waals surface area contributed by atoms with Gasteiger partial charge in [0.2, 0.25) is 0 Å². The van der Waals surface area contributed by atoms with Gasteiger partial charge in [0.05, 0.1) is 6.04 Å². The van der Waals surface area contributed by atoms with Crippen LogP contribution in [-0.2, 0) is 0 Å². The highest BCUT2D eigenvalue weighted by Gasteiger charge is 2.70. The van der Waals surface area contributed by atoms with Gasteiger partial charge < -0.3 is 0 Å². The van der Waals surface area contributed by atoms with Gasteiger partial charge in [-0.3, -0.25) is 14.5 Å². The molecule has 0 unspecified atom stereocenters. The van der Waals surface area contributed by atoms with E-state index < -0.39 is 5.41 Å². The first-order chi connectivity index (χ1) is 14.7. The molecule has 2 aliphatic heterocycles. The second-order valence-corrected chi connectivity index (χ2v) is 8.72. The predicted molar refractivity (Wildman–Crippen MR) is 116 cm³/mol. The Kier molecular flexibility index (Phi) is 3.84. The molecule has 1 spiro atoms. The van der Waals surface area contributed by atoms with Crippen molar-refractivity contribution in [2.75, 3.05) is 6.54 Å². The molecule has 3 aromatic rings. The first kappa shape index (κ1) is 17.8. The van der Waals surface area contributed by atoms with Crippen LogP contribution in [0.5, 0.6) is 0 Å². The molecule has 2 saturated heterocycles. The van der Waals surface area contributed by atoms with Crippen molar-refractivity contribution in [3.63, 3.8) is 0 Å². The van der Waals surface area contributed by atoms with Gasteiger partial charge in [0.1, 0.15) is 5.41 Å². The summed E-state index contributed by atoms with van der Waals surface area (Å²) in [5.74, 6) is -0.140. The van der Waals surface area contributed by atoms with Crippen LogP contribution in [0.25, 0.3) is 0 Å².